The van der Waals surface area contributed by atoms with Crippen LogP contribution in [0.3, 0.4) is 0 Å². The second-order valence-electron chi connectivity index (χ2n) is 10.4. The molecule has 0 bridgehead atoms. The third-order valence-electron chi connectivity index (χ3n) is 6.91. The Bertz CT molecular complexity index is 923. The standard InChI is InChI=1S/C24H38O3.C8H8O/c1-6-8-21(23(7-2)24(27)14-19(5)25)15-20-12-11-17(3)9-10-18(4)13-22(26)16-20;1-7(9)8-5-3-2-4-6-8/h9-10,20-21,23H,6-8,11-16H2,1-5H3;2-6H,1H3/b17-9-,18-10-;. The van der Waals surface area contributed by atoms with Crippen LogP contribution >= 0.6 is 0 Å². The van der Waals surface area contributed by atoms with Gasteiger partial charge in [-0.15, -0.1) is 0 Å². The molecule has 4 heteroatoms. The van der Waals surface area contributed by atoms with E-state index in [0.29, 0.717) is 24.5 Å². The average molecular weight is 495 g/mol. The lowest BCUT2D eigenvalue weighted by molar-refractivity contribution is -0.129. The van der Waals surface area contributed by atoms with Gasteiger partial charge in [0.25, 0.3) is 0 Å². The Morgan fingerprint density at radius 3 is 2.14 bits per heavy atom. The molecule has 1 aliphatic rings. The Hall–Kier alpha value is -2.62. The van der Waals surface area contributed by atoms with Gasteiger partial charge in [0, 0.05) is 24.3 Å². The largest absolute Gasteiger partial charge is 0.300 e. The lowest BCUT2D eigenvalue weighted by Crippen LogP contribution is -2.27. The highest BCUT2D eigenvalue weighted by Gasteiger charge is 2.29. The normalized spacial score (nSPS) is 20.9. The summed E-state index contributed by atoms with van der Waals surface area (Å²) in [6.07, 6.45) is 11.1. The van der Waals surface area contributed by atoms with Crippen LogP contribution < -0.4 is 0 Å². The number of ketones is 4. The van der Waals surface area contributed by atoms with E-state index < -0.39 is 0 Å². The van der Waals surface area contributed by atoms with Crippen molar-refractivity contribution >= 4 is 23.1 Å². The van der Waals surface area contributed by atoms with Gasteiger partial charge >= 0.3 is 0 Å². The molecule has 0 radical (unpaired) electrons. The van der Waals surface area contributed by atoms with Gasteiger partial charge in [0.1, 0.15) is 17.3 Å². The number of Topliss-reactive ketones (excluding diaryl/α,β-unsaturated/α-hetero) is 4. The number of rotatable bonds is 10. The quantitative estimate of drug-likeness (QED) is 0.245. The molecule has 2 rings (SSSR count). The summed E-state index contributed by atoms with van der Waals surface area (Å²) in [5, 5.41) is 0. The van der Waals surface area contributed by atoms with Crippen molar-refractivity contribution < 1.29 is 19.2 Å². The molecule has 0 fully saturated rings. The van der Waals surface area contributed by atoms with Crippen LogP contribution in [0, 0.1) is 17.8 Å². The van der Waals surface area contributed by atoms with Crippen molar-refractivity contribution in [3.63, 3.8) is 0 Å². The van der Waals surface area contributed by atoms with E-state index in [0.717, 1.165) is 49.7 Å². The third kappa shape index (κ3) is 12.4. The van der Waals surface area contributed by atoms with Crippen LogP contribution in [-0.4, -0.2) is 23.1 Å². The number of carbonyl (C=O) groups excluding carboxylic acids is 4. The van der Waals surface area contributed by atoms with E-state index in [2.05, 4.69) is 26.0 Å². The molecular formula is C32H46O4. The first-order valence-corrected chi connectivity index (χ1v) is 13.5. The van der Waals surface area contributed by atoms with Gasteiger partial charge in [-0.25, -0.2) is 0 Å². The van der Waals surface area contributed by atoms with Gasteiger partial charge in [-0.05, 0) is 65.2 Å². The summed E-state index contributed by atoms with van der Waals surface area (Å²) >= 11 is 0. The van der Waals surface area contributed by atoms with Crippen LogP contribution in [0.4, 0.5) is 0 Å². The highest BCUT2D eigenvalue weighted by Crippen LogP contribution is 2.34. The van der Waals surface area contributed by atoms with E-state index in [4.69, 9.17) is 0 Å². The lowest BCUT2D eigenvalue weighted by atomic mass is 9.75. The molecule has 4 nitrogen and oxygen atoms in total. The van der Waals surface area contributed by atoms with Crippen LogP contribution in [-0.2, 0) is 14.4 Å². The van der Waals surface area contributed by atoms with Crippen LogP contribution in [0.2, 0.25) is 0 Å². The van der Waals surface area contributed by atoms with E-state index in [1.807, 2.05) is 44.2 Å². The average Bonchev–Trinajstić information content (AvgIpc) is 2.81. The van der Waals surface area contributed by atoms with Crippen LogP contribution in [0.5, 0.6) is 0 Å². The molecule has 1 aromatic rings. The van der Waals surface area contributed by atoms with Crippen LogP contribution in [0.1, 0.15) is 110 Å². The maximum atomic E-state index is 12.6. The Morgan fingerprint density at radius 2 is 1.61 bits per heavy atom. The zero-order valence-electron chi connectivity index (χ0n) is 23.3. The maximum Gasteiger partial charge on any atom is 0.159 e. The first-order valence-electron chi connectivity index (χ1n) is 13.5. The number of hydrogen-bond donors (Lipinski definition) is 0. The summed E-state index contributed by atoms with van der Waals surface area (Å²) in [5.41, 5.74) is 3.24. The maximum absolute atomic E-state index is 12.6. The number of allylic oxidation sites excluding steroid dienone is 4. The minimum Gasteiger partial charge on any atom is -0.300 e. The fraction of sp³-hybridized carbons (Fsp3) is 0.562. The number of carbonyl (C=O) groups is 4. The molecule has 0 amide bonds. The Balaban J connectivity index is 0.000000600. The Labute approximate surface area is 218 Å². The molecule has 0 spiro atoms. The minimum atomic E-state index is -0.0578. The summed E-state index contributed by atoms with van der Waals surface area (Å²) in [6, 6.07) is 9.23. The third-order valence-corrected chi connectivity index (χ3v) is 6.91. The lowest BCUT2D eigenvalue weighted by Gasteiger charge is -2.29. The fourth-order valence-electron chi connectivity index (χ4n) is 5.02. The van der Waals surface area contributed by atoms with E-state index in [1.54, 1.807) is 6.92 Å². The Kier molecular flexibility index (Phi) is 14.8. The van der Waals surface area contributed by atoms with Crippen molar-refractivity contribution in [1.82, 2.24) is 0 Å². The molecule has 0 heterocycles. The van der Waals surface area contributed by atoms with E-state index >= 15 is 0 Å². The van der Waals surface area contributed by atoms with Gasteiger partial charge in [-0.1, -0.05) is 80.3 Å². The first kappa shape index (κ1) is 31.4. The molecule has 0 saturated heterocycles. The van der Waals surface area contributed by atoms with Crippen molar-refractivity contribution in [2.75, 3.05) is 0 Å². The van der Waals surface area contributed by atoms with Gasteiger partial charge in [0.2, 0.25) is 0 Å². The number of hydrogen-bond acceptors (Lipinski definition) is 4. The zero-order chi connectivity index (χ0) is 27.1. The second-order valence-corrected chi connectivity index (χ2v) is 10.4. The monoisotopic (exact) mass is 494 g/mol. The predicted molar refractivity (Wildman–Crippen MR) is 148 cm³/mol. The highest BCUT2D eigenvalue weighted by molar-refractivity contribution is 5.99. The molecule has 1 aliphatic carbocycles. The van der Waals surface area contributed by atoms with Gasteiger partial charge < -0.3 is 0 Å². The first-order chi connectivity index (χ1) is 17.1. The summed E-state index contributed by atoms with van der Waals surface area (Å²) in [7, 11) is 0. The van der Waals surface area contributed by atoms with E-state index in [1.165, 1.54) is 12.5 Å². The fourth-order valence-corrected chi connectivity index (χ4v) is 5.02. The van der Waals surface area contributed by atoms with E-state index in [9.17, 15) is 19.2 Å². The molecule has 0 aliphatic heterocycles. The van der Waals surface area contributed by atoms with Crippen molar-refractivity contribution in [2.24, 2.45) is 17.8 Å². The van der Waals surface area contributed by atoms with Gasteiger partial charge in [-0.2, -0.15) is 0 Å². The molecule has 0 saturated carbocycles. The van der Waals surface area contributed by atoms with Crippen LogP contribution in [0.15, 0.2) is 53.6 Å². The molecule has 3 unspecified atom stereocenters. The Morgan fingerprint density at radius 1 is 0.972 bits per heavy atom. The summed E-state index contributed by atoms with van der Waals surface area (Å²) in [6.45, 7) is 11.4. The SMILES string of the molecule is CC(=O)c1ccccc1.CCCC(CC1CC/C(C)=C\C=C(\C)CC(=O)C1)C(CC)C(=O)CC(C)=O. The van der Waals surface area contributed by atoms with Crippen molar-refractivity contribution in [2.45, 2.75) is 99.3 Å². The summed E-state index contributed by atoms with van der Waals surface area (Å²) in [4.78, 5) is 47.2. The molecule has 0 N–H and O–H groups in total. The minimum absolute atomic E-state index is 0.0498. The smallest absolute Gasteiger partial charge is 0.159 e. The molecule has 0 aromatic heterocycles. The van der Waals surface area contributed by atoms with Gasteiger partial charge in [-0.3, -0.25) is 19.2 Å². The molecule has 3 atom stereocenters. The van der Waals surface area contributed by atoms with Crippen molar-refractivity contribution in [1.29, 1.82) is 0 Å². The van der Waals surface area contributed by atoms with Crippen molar-refractivity contribution in [3.8, 4) is 0 Å². The highest BCUT2D eigenvalue weighted by atomic mass is 16.1. The number of benzene rings is 1. The van der Waals surface area contributed by atoms with Gasteiger partial charge in [0.05, 0.1) is 6.42 Å². The van der Waals surface area contributed by atoms with E-state index in [-0.39, 0.29) is 35.6 Å². The predicted octanol–water partition coefficient (Wildman–Crippen LogP) is 7.91. The molecular weight excluding hydrogens is 448 g/mol. The topological polar surface area (TPSA) is 68.3 Å². The molecule has 198 valence electrons. The molecule has 36 heavy (non-hydrogen) atoms. The van der Waals surface area contributed by atoms with Gasteiger partial charge in [0.15, 0.2) is 5.78 Å². The summed E-state index contributed by atoms with van der Waals surface area (Å²) < 4.78 is 0. The molecule has 1 aromatic carbocycles. The van der Waals surface area contributed by atoms with Crippen LogP contribution in [0.25, 0.3) is 0 Å². The van der Waals surface area contributed by atoms with Crippen molar-refractivity contribution in [3.05, 3.63) is 59.2 Å². The second kappa shape index (κ2) is 16.9. The zero-order valence-corrected chi connectivity index (χ0v) is 23.3. The summed E-state index contributed by atoms with van der Waals surface area (Å²) in [5.74, 6) is 0.999.